The summed E-state index contributed by atoms with van der Waals surface area (Å²) in [6.07, 6.45) is -0.0474. The summed E-state index contributed by atoms with van der Waals surface area (Å²) in [5.74, 6) is 0. The van der Waals surface area contributed by atoms with E-state index in [0.29, 0.717) is 11.4 Å². The molecule has 0 spiro atoms. The average molecular weight is 352 g/mol. The van der Waals surface area contributed by atoms with Gasteiger partial charge in [-0.3, -0.25) is 0 Å². The van der Waals surface area contributed by atoms with Gasteiger partial charge in [-0.1, -0.05) is 39.1 Å². The van der Waals surface area contributed by atoms with Crippen LogP contribution >= 0.6 is 50.5 Å². The van der Waals surface area contributed by atoms with Crippen LogP contribution in [0.4, 0.5) is 0 Å². The molecule has 1 aromatic heterocycles. The van der Waals surface area contributed by atoms with Gasteiger partial charge in [-0.25, -0.2) is 0 Å². The highest BCUT2D eigenvalue weighted by Gasteiger charge is 2.13. The van der Waals surface area contributed by atoms with Crippen molar-refractivity contribution in [1.29, 1.82) is 0 Å². The van der Waals surface area contributed by atoms with E-state index in [1.165, 1.54) is 11.3 Å². The predicted octanol–water partition coefficient (Wildman–Crippen LogP) is 5.09. The third-order valence-corrected chi connectivity index (χ3v) is 4.55. The van der Waals surface area contributed by atoms with Gasteiger partial charge in [-0.15, -0.1) is 11.3 Å². The summed E-state index contributed by atoms with van der Waals surface area (Å²) < 4.78 is 1.59. The minimum Gasteiger partial charge on any atom is -0.388 e. The molecular formula is C12H9BrCl2OS. The molecule has 2 aromatic rings. The highest BCUT2D eigenvalue weighted by molar-refractivity contribution is 9.10. The smallest absolute Gasteiger partial charge is 0.0931 e. The Labute approximate surface area is 122 Å². The van der Waals surface area contributed by atoms with E-state index in [4.69, 9.17) is 23.2 Å². The van der Waals surface area contributed by atoms with E-state index in [1.54, 1.807) is 12.1 Å². The summed E-state index contributed by atoms with van der Waals surface area (Å²) in [6, 6.07) is 9.15. The minimum atomic E-state index is -0.585. The highest BCUT2D eigenvalue weighted by Crippen LogP contribution is 2.31. The Morgan fingerprint density at radius 2 is 2.00 bits per heavy atom. The number of rotatable bonds is 3. The lowest BCUT2D eigenvalue weighted by Gasteiger charge is -2.12. The Morgan fingerprint density at radius 1 is 1.24 bits per heavy atom. The number of benzene rings is 1. The molecule has 1 aromatic carbocycles. The van der Waals surface area contributed by atoms with Crippen molar-refractivity contribution in [2.45, 2.75) is 12.5 Å². The Kier molecular flexibility index (Phi) is 4.50. The van der Waals surface area contributed by atoms with E-state index >= 15 is 0 Å². The van der Waals surface area contributed by atoms with Gasteiger partial charge in [0.2, 0.25) is 0 Å². The van der Waals surface area contributed by atoms with Crippen molar-refractivity contribution in [1.82, 2.24) is 0 Å². The second kappa shape index (κ2) is 5.72. The summed E-state index contributed by atoms with van der Waals surface area (Å²) in [4.78, 5) is 1.05. The minimum absolute atomic E-state index is 0.538. The molecule has 0 aliphatic rings. The zero-order valence-electron chi connectivity index (χ0n) is 8.66. The second-order valence-electron chi connectivity index (χ2n) is 3.59. The van der Waals surface area contributed by atoms with Crippen molar-refractivity contribution in [3.63, 3.8) is 0 Å². The van der Waals surface area contributed by atoms with E-state index in [0.717, 1.165) is 19.2 Å². The fraction of sp³-hybridized carbons (Fsp3) is 0.167. The van der Waals surface area contributed by atoms with E-state index < -0.39 is 6.10 Å². The molecule has 1 N–H and O–H groups in total. The lowest BCUT2D eigenvalue weighted by molar-refractivity contribution is 0.178. The second-order valence-corrected chi connectivity index (χ2v) is 6.68. The number of aliphatic hydroxyl groups excluding tert-OH is 1. The van der Waals surface area contributed by atoms with E-state index in [1.807, 2.05) is 18.2 Å². The van der Waals surface area contributed by atoms with E-state index in [-0.39, 0.29) is 0 Å². The molecule has 0 aliphatic heterocycles. The van der Waals surface area contributed by atoms with E-state index in [2.05, 4.69) is 15.9 Å². The number of thiophene rings is 1. The molecule has 0 fully saturated rings. The van der Waals surface area contributed by atoms with Crippen LogP contribution in [0.3, 0.4) is 0 Å². The van der Waals surface area contributed by atoms with Crippen molar-refractivity contribution in [2.75, 3.05) is 0 Å². The Bertz CT molecular complexity index is 527. The fourth-order valence-electron chi connectivity index (χ4n) is 1.53. The quantitative estimate of drug-likeness (QED) is 0.816. The molecular weight excluding hydrogens is 343 g/mol. The van der Waals surface area contributed by atoms with Crippen molar-refractivity contribution < 1.29 is 5.11 Å². The zero-order valence-corrected chi connectivity index (χ0v) is 12.6. The molecule has 1 nitrogen and oxygen atoms in total. The lowest BCUT2D eigenvalue weighted by atomic mass is 10.1. The van der Waals surface area contributed by atoms with Crippen molar-refractivity contribution in [3.05, 3.63) is 54.6 Å². The maximum atomic E-state index is 10.2. The Balaban J connectivity index is 2.19. The summed E-state index contributed by atoms with van der Waals surface area (Å²) >= 11 is 16.7. The molecule has 90 valence electrons. The molecule has 17 heavy (non-hydrogen) atoms. The number of hydrogen-bond donors (Lipinski definition) is 1. The van der Waals surface area contributed by atoms with Gasteiger partial charge >= 0.3 is 0 Å². The van der Waals surface area contributed by atoms with E-state index in [9.17, 15) is 5.11 Å². The van der Waals surface area contributed by atoms with Gasteiger partial charge in [-0.05, 0) is 35.9 Å². The van der Waals surface area contributed by atoms with Crippen LogP contribution in [0.15, 0.2) is 34.8 Å². The van der Waals surface area contributed by atoms with Gasteiger partial charge in [0.25, 0.3) is 0 Å². The molecule has 0 radical (unpaired) electrons. The third kappa shape index (κ3) is 3.46. The summed E-state index contributed by atoms with van der Waals surface area (Å²) in [5, 5.41) is 10.8. The average Bonchev–Trinajstić information content (AvgIpc) is 2.67. The monoisotopic (exact) mass is 350 g/mol. The summed E-state index contributed by atoms with van der Waals surface area (Å²) in [7, 11) is 0. The van der Waals surface area contributed by atoms with Crippen LogP contribution in [-0.2, 0) is 6.42 Å². The molecule has 1 unspecified atom stereocenters. The van der Waals surface area contributed by atoms with Crippen molar-refractivity contribution in [2.24, 2.45) is 0 Å². The van der Waals surface area contributed by atoms with Crippen LogP contribution < -0.4 is 0 Å². The van der Waals surface area contributed by atoms with Gasteiger partial charge in [0.05, 0.1) is 10.4 Å². The standard InChI is InChI=1S/C12H9BrCl2OS/c13-10-3-1-7(14)5-9(10)11(16)6-8-2-4-12(15)17-8/h1-5,11,16H,6H2. The highest BCUT2D eigenvalue weighted by atomic mass is 79.9. The normalized spacial score (nSPS) is 12.7. The first-order chi connectivity index (χ1) is 8.06. The molecule has 0 aliphatic carbocycles. The first-order valence-electron chi connectivity index (χ1n) is 4.93. The number of aliphatic hydroxyl groups is 1. The third-order valence-electron chi connectivity index (χ3n) is 2.34. The SMILES string of the molecule is OC(Cc1ccc(Cl)s1)c1cc(Cl)ccc1Br. The van der Waals surface area contributed by atoms with Crippen LogP contribution in [-0.4, -0.2) is 5.11 Å². The van der Waals surface area contributed by atoms with Crippen molar-refractivity contribution >= 4 is 50.5 Å². The lowest BCUT2D eigenvalue weighted by Crippen LogP contribution is -2.01. The first kappa shape index (κ1) is 13.4. The van der Waals surface area contributed by atoms with Crippen LogP contribution in [0, 0.1) is 0 Å². The number of hydrogen-bond acceptors (Lipinski definition) is 2. The maximum Gasteiger partial charge on any atom is 0.0931 e. The van der Waals surface area contributed by atoms with Gasteiger partial charge in [0.1, 0.15) is 0 Å². The van der Waals surface area contributed by atoms with Crippen LogP contribution in [0.2, 0.25) is 9.36 Å². The topological polar surface area (TPSA) is 20.2 Å². The number of halogens is 3. The van der Waals surface area contributed by atoms with Crippen LogP contribution in [0.25, 0.3) is 0 Å². The molecule has 0 amide bonds. The zero-order chi connectivity index (χ0) is 12.4. The molecule has 1 atom stereocenters. The van der Waals surface area contributed by atoms with Crippen LogP contribution in [0.1, 0.15) is 16.5 Å². The van der Waals surface area contributed by atoms with Crippen LogP contribution in [0.5, 0.6) is 0 Å². The largest absolute Gasteiger partial charge is 0.388 e. The van der Waals surface area contributed by atoms with Gasteiger partial charge < -0.3 is 5.11 Å². The first-order valence-corrected chi connectivity index (χ1v) is 7.30. The molecule has 2 rings (SSSR count). The summed E-state index contributed by atoms with van der Waals surface area (Å²) in [5.41, 5.74) is 0.794. The van der Waals surface area contributed by atoms with Crippen molar-refractivity contribution in [3.8, 4) is 0 Å². The fourth-order valence-corrected chi connectivity index (χ4v) is 3.35. The Hall–Kier alpha value is -0.0600. The molecule has 0 bridgehead atoms. The molecule has 0 saturated heterocycles. The predicted molar refractivity (Wildman–Crippen MR) is 77.1 cm³/mol. The molecule has 0 saturated carbocycles. The van der Waals surface area contributed by atoms with Gasteiger partial charge in [0.15, 0.2) is 0 Å². The Morgan fingerprint density at radius 3 is 2.65 bits per heavy atom. The maximum absolute atomic E-state index is 10.2. The van der Waals surface area contributed by atoms with Gasteiger partial charge in [-0.2, -0.15) is 0 Å². The molecule has 5 heteroatoms. The molecule has 1 heterocycles. The summed E-state index contributed by atoms with van der Waals surface area (Å²) in [6.45, 7) is 0. The van der Waals surface area contributed by atoms with Gasteiger partial charge in [0, 0.05) is 20.8 Å².